The Balaban J connectivity index is 2.03. The third kappa shape index (κ3) is 3.03. The van der Waals surface area contributed by atoms with Crippen LogP contribution in [0.15, 0.2) is 71.9 Å². The van der Waals surface area contributed by atoms with Crippen LogP contribution in [0.5, 0.6) is 0 Å². The molecule has 0 spiro atoms. The van der Waals surface area contributed by atoms with E-state index in [2.05, 4.69) is 4.98 Å². The maximum Gasteiger partial charge on any atom is 0.269 e. The van der Waals surface area contributed by atoms with Gasteiger partial charge in [0.2, 0.25) is 0 Å². The predicted molar refractivity (Wildman–Crippen MR) is 109 cm³/mol. The van der Waals surface area contributed by atoms with E-state index in [1.807, 2.05) is 38.1 Å². The van der Waals surface area contributed by atoms with E-state index in [4.69, 9.17) is 11.6 Å². The number of rotatable bonds is 3. The van der Waals surface area contributed by atoms with E-state index in [9.17, 15) is 8.42 Å². The molecule has 0 aliphatic heterocycles. The zero-order valence-corrected chi connectivity index (χ0v) is 16.4. The van der Waals surface area contributed by atoms with E-state index < -0.39 is 10.0 Å². The Morgan fingerprint density at radius 2 is 1.70 bits per heavy atom. The van der Waals surface area contributed by atoms with Gasteiger partial charge in [-0.05, 0) is 37.6 Å². The van der Waals surface area contributed by atoms with E-state index in [1.54, 1.807) is 36.5 Å². The van der Waals surface area contributed by atoms with Gasteiger partial charge in [-0.2, -0.15) is 0 Å². The first-order chi connectivity index (χ1) is 12.9. The summed E-state index contributed by atoms with van der Waals surface area (Å²) >= 11 is 6.43. The molecule has 0 fully saturated rings. The summed E-state index contributed by atoms with van der Waals surface area (Å²) in [6.07, 6.45) is 3.12. The molecule has 4 rings (SSSR count). The van der Waals surface area contributed by atoms with Crippen LogP contribution in [-0.2, 0) is 10.0 Å². The Kier molecular flexibility index (Phi) is 4.29. The molecule has 2 aromatic heterocycles. The van der Waals surface area contributed by atoms with Crippen molar-refractivity contribution >= 4 is 32.7 Å². The summed E-state index contributed by atoms with van der Waals surface area (Å²) in [4.78, 5) is 4.53. The van der Waals surface area contributed by atoms with Gasteiger partial charge < -0.3 is 0 Å². The minimum Gasteiger partial charge on any atom is -0.237 e. The van der Waals surface area contributed by atoms with Crippen molar-refractivity contribution in [2.45, 2.75) is 18.7 Å². The van der Waals surface area contributed by atoms with Crippen molar-refractivity contribution in [3.05, 3.63) is 83.1 Å². The van der Waals surface area contributed by atoms with Crippen LogP contribution in [0.1, 0.15) is 11.1 Å². The lowest BCUT2D eigenvalue weighted by molar-refractivity contribution is 0.589. The molecule has 2 heterocycles. The number of hydrogen-bond acceptors (Lipinski definition) is 3. The fourth-order valence-corrected chi connectivity index (χ4v) is 4.69. The quantitative estimate of drug-likeness (QED) is 0.477. The molecule has 0 aliphatic rings. The molecule has 0 radical (unpaired) electrons. The molecule has 0 aliphatic carbocycles. The van der Waals surface area contributed by atoms with E-state index in [1.165, 1.54) is 10.2 Å². The largest absolute Gasteiger partial charge is 0.269 e. The van der Waals surface area contributed by atoms with Crippen LogP contribution in [0, 0.1) is 13.8 Å². The van der Waals surface area contributed by atoms with Gasteiger partial charge in [0.15, 0.2) is 5.65 Å². The molecule has 0 unspecified atom stereocenters. The Hall–Kier alpha value is -2.63. The van der Waals surface area contributed by atoms with Gasteiger partial charge in [0.05, 0.1) is 9.92 Å². The molecule has 0 saturated carbocycles. The second-order valence-corrected chi connectivity index (χ2v) is 8.74. The van der Waals surface area contributed by atoms with Crippen molar-refractivity contribution in [2.24, 2.45) is 0 Å². The van der Waals surface area contributed by atoms with Crippen LogP contribution in [-0.4, -0.2) is 17.4 Å². The smallest absolute Gasteiger partial charge is 0.237 e. The highest BCUT2D eigenvalue weighted by Gasteiger charge is 2.24. The second-order valence-electron chi connectivity index (χ2n) is 6.52. The highest BCUT2D eigenvalue weighted by atomic mass is 35.5. The first-order valence-corrected chi connectivity index (χ1v) is 10.2. The molecule has 27 heavy (non-hydrogen) atoms. The summed E-state index contributed by atoms with van der Waals surface area (Å²) in [5, 5.41) is 1.09. The zero-order valence-electron chi connectivity index (χ0n) is 14.8. The van der Waals surface area contributed by atoms with E-state index in [0.29, 0.717) is 16.1 Å². The van der Waals surface area contributed by atoms with Gasteiger partial charge in [-0.1, -0.05) is 59.1 Å². The van der Waals surface area contributed by atoms with Gasteiger partial charge in [0, 0.05) is 23.3 Å². The molecule has 2 aromatic carbocycles. The number of aryl methyl sites for hydroxylation is 2. The van der Waals surface area contributed by atoms with Crippen molar-refractivity contribution in [3.8, 4) is 11.1 Å². The minimum atomic E-state index is -3.80. The Morgan fingerprint density at radius 3 is 2.41 bits per heavy atom. The zero-order chi connectivity index (χ0) is 19.2. The van der Waals surface area contributed by atoms with Crippen molar-refractivity contribution in [1.29, 1.82) is 0 Å². The molecule has 4 aromatic rings. The number of halogens is 1. The molecule has 0 bridgehead atoms. The number of nitrogens with zero attached hydrogens (tertiary/aromatic N) is 2. The van der Waals surface area contributed by atoms with Gasteiger partial charge in [-0.15, -0.1) is 0 Å². The molecule has 6 heteroatoms. The molecule has 136 valence electrons. The summed E-state index contributed by atoms with van der Waals surface area (Å²) in [5.41, 5.74) is 4.03. The molecule has 4 nitrogen and oxygen atoms in total. The molecule has 0 saturated heterocycles. The third-order valence-electron chi connectivity index (χ3n) is 4.51. The van der Waals surface area contributed by atoms with Gasteiger partial charge in [-0.3, -0.25) is 0 Å². The standard InChI is InChI=1S/C21H17ClN2O2S/c1-14-6-8-17(9-7-14)27(25,26)24-13-18(16-5-3-4-15(2)12-16)20-19(22)10-11-23-21(20)24/h3-13H,1-2H3. The van der Waals surface area contributed by atoms with Crippen LogP contribution in [0.25, 0.3) is 22.2 Å². The lowest BCUT2D eigenvalue weighted by Gasteiger charge is -2.07. The van der Waals surface area contributed by atoms with Crippen molar-refractivity contribution in [1.82, 2.24) is 8.96 Å². The van der Waals surface area contributed by atoms with Gasteiger partial charge >= 0.3 is 0 Å². The highest BCUT2D eigenvalue weighted by molar-refractivity contribution is 7.90. The average Bonchev–Trinajstić information content (AvgIpc) is 3.04. The Bertz CT molecular complexity index is 1260. The number of benzene rings is 2. The first kappa shape index (κ1) is 17.8. The normalized spacial score (nSPS) is 11.8. The number of aromatic nitrogens is 2. The lowest BCUT2D eigenvalue weighted by Crippen LogP contribution is -2.12. The van der Waals surface area contributed by atoms with Crippen molar-refractivity contribution < 1.29 is 8.42 Å². The maximum atomic E-state index is 13.3. The molecular formula is C21H17ClN2O2S. The maximum absolute atomic E-state index is 13.3. The van der Waals surface area contributed by atoms with E-state index >= 15 is 0 Å². The van der Waals surface area contributed by atoms with Crippen LogP contribution < -0.4 is 0 Å². The molecule has 0 atom stereocenters. The lowest BCUT2D eigenvalue weighted by atomic mass is 10.0. The van der Waals surface area contributed by atoms with Crippen LogP contribution >= 0.6 is 11.6 Å². The number of pyridine rings is 1. The Labute approximate surface area is 163 Å². The topological polar surface area (TPSA) is 52.0 Å². The van der Waals surface area contributed by atoms with Crippen molar-refractivity contribution in [2.75, 3.05) is 0 Å². The fourth-order valence-electron chi connectivity index (χ4n) is 3.13. The summed E-state index contributed by atoms with van der Waals surface area (Å²) in [5.74, 6) is 0. The van der Waals surface area contributed by atoms with Gasteiger partial charge in [-0.25, -0.2) is 17.4 Å². The minimum absolute atomic E-state index is 0.211. The van der Waals surface area contributed by atoms with Crippen LogP contribution in [0.2, 0.25) is 5.02 Å². The van der Waals surface area contributed by atoms with Crippen LogP contribution in [0.3, 0.4) is 0 Å². The fraction of sp³-hybridized carbons (Fsp3) is 0.0952. The monoisotopic (exact) mass is 396 g/mol. The SMILES string of the molecule is Cc1ccc(S(=O)(=O)n2cc(-c3cccc(C)c3)c3c(Cl)ccnc32)cc1. The summed E-state index contributed by atoms with van der Waals surface area (Å²) in [6, 6.07) is 16.3. The molecule has 0 amide bonds. The van der Waals surface area contributed by atoms with Crippen LogP contribution in [0.4, 0.5) is 0 Å². The van der Waals surface area contributed by atoms with Crippen molar-refractivity contribution in [3.63, 3.8) is 0 Å². The molecular weight excluding hydrogens is 380 g/mol. The number of hydrogen-bond donors (Lipinski definition) is 0. The highest BCUT2D eigenvalue weighted by Crippen LogP contribution is 2.36. The summed E-state index contributed by atoms with van der Waals surface area (Å²) < 4.78 is 27.7. The average molecular weight is 397 g/mol. The number of fused-ring (bicyclic) bond motifs is 1. The molecule has 0 N–H and O–H groups in total. The third-order valence-corrected chi connectivity index (χ3v) is 6.49. The predicted octanol–water partition coefficient (Wildman–Crippen LogP) is 5.21. The van der Waals surface area contributed by atoms with E-state index in [0.717, 1.165) is 22.3 Å². The van der Waals surface area contributed by atoms with Gasteiger partial charge in [0.1, 0.15) is 0 Å². The second kappa shape index (κ2) is 6.51. The Morgan fingerprint density at radius 1 is 0.963 bits per heavy atom. The summed E-state index contributed by atoms with van der Waals surface area (Å²) in [7, 11) is -3.80. The van der Waals surface area contributed by atoms with E-state index in [-0.39, 0.29) is 4.90 Å². The summed E-state index contributed by atoms with van der Waals surface area (Å²) in [6.45, 7) is 3.91. The van der Waals surface area contributed by atoms with Gasteiger partial charge in [0.25, 0.3) is 10.0 Å². The first-order valence-electron chi connectivity index (χ1n) is 8.43.